The van der Waals surface area contributed by atoms with Crippen LogP contribution in [0.25, 0.3) is 6.08 Å². The molecule has 0 aromatic carbocycles. The second kappa shape index (κ2) is 11.2. The lowest BCUT2D eigenvalue weighted by Gasteiger charge is -2.42. The standard InChI is InChI=1S/C38H49N3OS/c39-22-23-9-16-29-30-17-15-27(21-36(30)42-35(29)19-23)41-33-7-3-1-5-28(33)31-20-26(14-18-34(31)41)24-10-12-25(13-11-24)38-40-32-6-2-4-8-37(32)43-38/h14,18-19,24-28,31,33-34,38,40H,1-13,15-17,20-21H2. The molecule has 2 aliphatic heterocycles. The van der Waals surface area contributed by atoms with E-state index in [0.29, 0.717) is 17.5 Å². The second-order valence-corrected chi connectivity index (χ2v) is 16.6. The van der Waals surface area contributed by atoms with E-state index >= 15 is 0 Å². The van der Waals surface area contributed by atoms with Gasteiger partial charge in [-0.15, -0.1) is 11.8 Å². The summed E-state index contributed by atoms with van der Waals surface area (Å²) < 4.78 is 6.51. The lowest BCUT2D eigenvalue weighted by Crippen LogP contribution is -2.48. The number of nitriles is 1. The zero-order valence-corrected chi connectivity index (χ0v) is 26.7. The van der Waals surface area contributed by atoms with Crippen LogP contribution in [-0.2, 0) is 19.3 Å². The Morgan fingerprint density at radius 3 is 2.58 bits per heavy atom. The molecule has 5 heteroatoms. The highest BCUT2D eigenvalue weighted by Gasteiger charge is 2.53. The normalized spacial score (nSPS) is 40.4. The van der Waals surface area contributed by atoms with Gasteiger partial charge < -0.3 is 9.73 Å². The van der Waals surface area contributed by atoms with E-state index in [9.17, 15) is 5.26 Å². The van der Waals surface area contributed by atoms with Crippen molar-refractivity contribution in [3.8, 4) is 6.07 Å². The van der Waals surface area contributed by atoms with Gasteiger partial charge in [-0.05, 0) is 138 Å². The number of nitrogens with zero attached hydrogens (tertiary/aromatic N) is 2. The summed E-state index contributed by atoms with van der Waals surface area (Å²) in [6.07, 6.45) is 31.1. The Kier molecular flexibility index (Phi) is 7.12. The average molecular weight is 596 g/mol. The third-order valence-corrected chi connectivity index (χ3v) is 14.8. The number of hydrogen-bond donors (Lipinski definition) is 1. The second-order valence-electron chi connectivity index (χ2n) is 15.4. The highest BCUT2D eigenvalue weighted by molar-refractivity contribution is 8.03. The molecule has 1 aromatic rings. The van der Waals surface area contributed by atoms with Crippen molar-refractivity contribution in [3.05, 3.63) is 51.0 Å². The Labute approximate surface area is 262 Å². The number of hydrogen-bond acceptors (Lipinski definition) is 5. The fourth-order valence-corrected chi connectivity index (χ4v) is 12.8. The van der Waals surface area contributed by atoms with E-state index in [0.717, 1.165) is 72.6 Å². The topological polar surface area (TPSA) is 52.2 Å². The summed E-state index contributed by atoms with van der Waals surface area (Å²) in [5.41, 5.74) is 5.40. The van der Waals surface area contributed by atoms with Crippen LogP contribution in [0.1, 0.15) is 119 Å². The van der Waals surface area contributed by atoms with Crippen LogP contribution in [0.2, 0.25) is 0 Å². The van der Waals surface area contributed by atoms with E-state index in [-0.39, 0.29) is 0 Å². The van der Waals surface area contributed by atoms with Crippen LogP contribution in [0.5, 0.6) is 0 Å². The molecule has 0 spiro atoms. The van der Waals surface area contributed by atoms with Gasteiger partial charge in [0, 0.05) is 46.3 Å². The van der Waals surface area contributed by atoms with Crippen molar-refractivity contribution < 1.29 is 4.42 Å². The first kappa shape index (κ1) is 27.4. The Balaban J connectivity index is 0.889. The number of nitrogens with one attached hydrogen (secondary N) is 1. The number of likely N-dealkylation sites (tertiary alicyclic amines) is 1. The van der Waals surface area contributed by atoms with Gasteiger partial charge in [0.25, 0.3) is 0 Å². The number of fused-ring (bicyclic) bond motifs is 6. The smallest absolute Gasteiger partial charge is 0.131 e. The summed E-state index contributed by atoms with van der Waals surface area (Å²) in [4.78, 5) is 4.75. The summed E-state index contributed by atoms with van der Waals surface area (Å²) in [5.74, 6) is 6.55. The Hall–Kier alpha value is -1.90. The predicted molar refractivity (Wildman–Crippen MR) is 174 cm³/mol. The SMILES string of the molecule is N#CC1=Cc2oc3c(c2CC1)CCC(N1C2C=CC(C4CCC(C5NC6=C(CCCC6)S5)CC4)CC2C2CCCCC21)C3. The molecule has 0 radical (unpaired) electrons. The molecule has 1 aromatic heterocycles. The van der Waals surface area contributed by atoms with Crippen LogP contribution < -0.4 is 5.32 Å². The molecular formula is C38H49N3OS. The van der Waals surface area contributed by atoms with Crippen LogP contribution in [-0.4, -0.2) is 28.4 Å². The van der Waals surface area contributed by atoms with E-state index in [1.165, 1.54) is 107 Å². The van der Waals surface area contributed by atoms with Gasteiger partial charge in [0.1, 0.15) is 11.5 Å². The molecule has 1 saturated heterocycles. The fraction of sp³-hybridized carbons (Fsp3) is 0.711. The summed E-state index contributed by atoms with van der Waals surface area (Å²) in [6.45, 7) is 0. The van der Waals surface area contributed by atoms with Gasteiger partial charge in [0.05, 0.1) is 11.4 Å². The van der Waals surface area contributed by atoms with Crippen LogP contribution in [0, 0.1) is 40.9 Å². The zero-order chi connectivity index (χ0) is 28.5. The van der Waals surface area contributed by atoms with Crippen LogP contribution in [0.15, 0.2) is 32.7 Å². The van der Waals surface area contributed by atoms with E-state index in [1.54, 1.807) is 10.6 Å². The molecule has 4 nitrogen and oxygen atoms in total. The first-order valence-electron chi connectivity index (χ1n) is 18.1. The molecule has 8 aliphatic rings. The number of allylic oxidation sites excluding steroid dienone is 4. The molecule has 0 amide bonds. The molecule has 43 heavy (non-hydrogen) atoms. The highest BCUT2D eigenvalue weighted by Crippen LogP contribution is 2.53. The fourth-order valence-electron chi connectivity index (χ4n) is 11.3. The molecular weight excluding hydrogens is 547 g/mol. The Morgan fingerprint density at radius 1 is 0.837 bits per heavy atom. The van der Waals surface area contributed by atoms with Gasteiger partial charge >= 0.3 is 0 Å². The largest absolute Gasteiger partial charge is 0.461 e. The third-order valence-electron chi connectivity index (χ3n) is 13.3. The zero-order valence-electron chi connectivity index (χ0n) is 25.9. The molecule has 0 bridgehead atoms. The summed E-state index contributed by atoms with van der Waals surface area (Å²) in [6, 6.07) is 4.39. The minimum absolute atomic E-state index is 0.604. The maximum atomic E-state index is 9.44. The minimum atomic E-state index is 0.604. The lowest BCUT2D eigenvalue weighted by atomic mass is 9.67. The third kappa shape index (κ3) is 4.72. The molecule has 2 saturated carbocycles. The number of thioether (sulfide) groups is 1. The molecule has 1 N–H and O–H groups in total. The Morgan fingerprint density at radius 2 is 1.70 bits per heavy atom. The van der Waals surface area contributed by atoms with Gasteiger partial charge in [-0.25, -0.2) is 0 Å². The van der Waals surface area contributed by atoms with Crippen molar-refractivity contribution in [2.24, 2.45) is 29.6 Å². The van der Waals surface area contributed by atoms with Gasteiger partial charge in [0.2, 0.25) is 0 Å². The quantitative estimate of drug-likeness (QED) is 0.354. The minimum Gasteiger partial charge on any atom is -0.461 e. The van der Waals surface area contributed by atoms with E-state index in [2.05, 4.69) is 40.2 Å². The molecule has 7 atom stereocenters. The monoisotopic (exact) mass is 595 g/mol. The molecule has 228 valence electrons. The summed E-state index contributed by atoms with van der Waals surface area (Å²) in [5, 5.41) is 14.1. The van der Waals surface area contributed by atoms with Crippen molar-refractivity contribution in [1.29, 1.82) is 5.26 Å². The average Bonchev–Trinajstić information content (AvgIpc) is 3.75. The number of rotatable bonds is 3. The lowest BCUT2D eigenvalue weighted by molar-refractivity contribution is 0.0969. The van der Waals surface area contributed by atoms with Crippen molar-refractivity contribution in [2.75, 3.05) is 0 Å². The van der Waals surface area contributed by atoms with Crippen molar-refractivity contribution in [2.45, 2.75) is 139 Å². The van der Waals surface area contributed by atoms with Gasteiger partial charge in [-0.1, -0.05) is 25.0 Å². The van der Waals surface area contributed by atoms with Gasteiger partial charge in [0.15, 0.2) is 0 Å². The molecule has 3 fully saturated rings. The van der Waals surface area contributed by atoms with Crippen LogP contribution in [0.3, 0.4) is 0 Å². The van der Waals surface area contributed by atoms with Gasteiger partial charge in [-0.2, -0.15) is 5.26 Å². The summed E-state index contributed by atoms with van der Waals surface area (Å²) >= 11 is 2.21. The van der Waals surface area contributed by atoms with E-state index in [1.807, 2.05) is 6.08 Å². The van der Waals surface area contributed by atoms with Crippen molar-refractivity contribution in [1.82, 2.24) is 10.2 Å². The molecule has 3 heterocycles. The Bertz CT molecular complexity index is 1370. The maximum Gasteiger partial charge on any atom is 0.131 e. The predicted octanol–water partition coefficient (Wildman–Crippen LogP) is 8.68. The summed E-state index contributed by atoms with van der Waals surface area (Å²) in [7, 11) is 0. The first-order valence-corrected chi connectivity index (χ1v) is 19.0. The van der Waals surface area contributed by atoms with Crippen molar-refractivity contribution >= 4 is 17.8 Å². The van der Waals surface area contributed by atoms with E-state index < -0.39 is 0 Å². The van der Waals surface area contributed by atoms with Crippen LogP contribution in [0.4, 0.5) is 0 Å². The maximum absolute atomic E-state index is 9.44. The highest BCUT2D eigenvalue weighted by atomic mass is 32.2. The van der Waals surface area contributed by atoms with Crippen LogP contribution >= 0.6 is 11.8 Å². The molecule has 6 aliphatic carbocycles. The van der Waals surface area contributed by atoms with E-state index in [4.69, 9.17) is 4.42 Å². The first-order chi connectivity index (χ1) is 21.2. The van der Waals surface area contributed by atoms with Gasteiger partial charge in [-0.3, -0.25) is 4.90 Å². The number of furan rings is 1. The molecule has 9 rings (SSSR count). The molecule has 7 unspecified atom stereocenters. The van der Waals surface area contributed by atoms with Crippen molar-refractivity contribution in [3.63, 3.8) is 0 Å².